The van der Waals surface area contributed by atoms with Crippen LogP contribution in [0.15, 0.2) is 0 Å². The fourth-order valence-electron chi connectivity index (χ4n) is 1.86. The number of rotatable bonds is 11. The van der Waals surface area contributed by atoms with Crippen molar-refractivity contribution >= 4 is 10.1 Å². The van der Waals surface area contributed by atoms with Crippen molar-refractivity contribution in [3.63, 3.8) is 0 Å². The molecule has 0 aromatic heterocycles. The largest absolute Gasteiger partial charge is 0.438 e. The molecular weight excluding hydrogens is 395 g/mol. The second-order valence-electron chi connectivity index (χ2n) is 5.43. The number of hydrogen-bond donors (Lipinski definition) is 1. The number of unbranched alkanes of at least 4 members (excludes halogenated alkanes) is 4. The van der Waals surface area contributed by atoms with Crippen molar-refractivity contribution in [2.45, 2.75) is 74.6 Å². The third kappa shape index (κ3) is 4.52. The van der Waals surface area contributed by atoms with Gasteiger partial charge in [-0.05, 0) is 6.42 Å². The van der Waals surface area contributed by atoms with Crippen molar-refractivity contribution in [3.05, 3.63) is 0 Å². The summed E-state index contributed by atoms with van der Waals surface area (Å²) >= 11 is 0. The van der Waals surface area contributed by atoms with E-state index in [1.54, 1.807) is 6.92 Å². The monoisotopic (exact) mass is 412 g/mol. The van der Waals surface area contributed by atoms with Crippen molar-refractivity contribution in [2.24, 2.45) is 0 Å². The van der Waals surface area contributed by atoms with Gasteiger partial charge >= 0.3 is 33.1 Å². The first-order valence-electron chi connectivity index (χ1n) is 7.10. The van der Waals surface area contributed by atoms with Gasteiger partial charge in [-0.3, -0.25) is 4.55 Å². The van der Waals surface area contributed by atoms with Gasteiger partial charge in [-0.1, -0.05) is 39.0 Å². The van der Waals surface area contributed by atoms with Crippen LogP contribution in [0.1, 0.15) is 45.4 Å². The highest BCUT2D eigenvalue weighted by Gasteiger charge is 2.85. The average molecular weight is 412 g/mol. The van der Waals surface area contributed by atoms with E-state index in [1.165, 1.54) is 0 Å². The summed E-state index contributed by atoms with van der Waals surface area (Å²) in [5, 5.41) is -6.95. The molecule has 0 saturated carbocycles. The Labute approximate surface area is 138 Å². The summed E-state index contributed by atoms with van der Waals surface area (Å²) in [6.07, 6.45) is -3.75. The van der Waals surface area contributed by atoms with Crippen LogP contribution in [0.3, 0.4) is 0 Å². The van der Waals surface area contributed by atoms with E-state index in [1.807, 2.05) is 0 Å². The van der Waals surface area contributed by atoms with Gasteiger partial charge in [-0.2, -0.15) is 43.5 Å². The molecule has 0 aliphatic rings. The first-order valence-corrected chi connectivity index (χ1v) is 8.54. The number of alkyl halides is 9. The van der Waals surface area contributed by atoms with Gasteiger partial charge < -0.3 is 0 Å². The minimum Gasteiger partial charge on any atom is -0.281 e. The highest BCUT2D eigenvalue weighted by Crippen LogP contribution is 2.55. The molecular formula is C12H17F9O3S. The quantitative estimate of drug-likeness (QED) is 0.293. The summed E-state index contributed by atoms with van der Waals surface area (Å²) in [6, 6.07) is 0. The van der Waals surface area contributed by atoms with Crippen LogP contribution in [0, 0.1) is 0 Å². The summed E-state index contributed by atoms with van der Waals surface area (Å²) in [4.78, 5) is 0. The lowest BCUT2D eigenvalue weighted by molar-refractivity contribution is -0.359. The maximum absolute atomic E-state index is 13.4. The average Bonchev–Trinajstić information content (AvgIpc) is 2.44. The molecule has 13 heteroatoms. The molecule has 0 spiro atoms. The number of halogens is 9. The zero-order valence-electron chi connectivity index (χ0n) is 12.9. The van der Waals surface area contributed by atoms with Gasteiger partial charge in [0.15, 0.2) is 6.17 Å². The molecule has 0 aliphatic carbocycles. The van der Waals surface area contributed by atoms with E-state index in [0.29, 0.717) is 19.3 Å². The summed E-state index contributed by atoms with van der Waals surface area (Å²) in [5.41, 5.74) is 0. The highest BCUT2D eigenvalue weighted by molar-refractivity contribution is 7.87. The Balaban J connectivity index is 5.44. The van der Waals surface area contributed by atoms with E-state index < -0.39 is 52.2 Å². The predicted molar refractivity (Wildman–Crippen MR) is 69.6 cm³/mol. The standard InChI is InChI=1S/C12H17F9O3S/c1-2-3-4-5-6-7-8(13)9(14,15)10(16,17)11(18,19)12(20,21)25(22,23)24/h8H,2-7H2,1H3,(H,22,23,24). The summed E-state index contributed by atoms with van der Waals surface area (Å²) in [6.45, 7) is 1.78. The van der Waals surface area contributed by atoms with Crippen molar-refractivity contribution in [2.75, 3.05) is 0 Å². The van der Waals surface area contributed by atoms with E-state index in [2.05, 4.69) is 0 Å². The molecule has 0 amide bonds. The molecule has 0 heterocycles. The molecule has 0 aromatic rings. The van der Waals surface area contributed by atoms with E-state index >= 15 is 0 Å². The van der Waals surface area contributed by atoms with Crippen LogP contribution in [-0.2, 0) is 10.1 Å². The first kappa shape index (κ1) is 24.3. The van der Waals surface area contributed by atoms with Crippen LogP contribution in [0.4, 0.5) is 39.5 Å². The van der Waals surface area contributed by atoms with Crippen LogP contribution in [0.5, 0.6) is 0 Å². The van der Waals surface area contributed by atoms with Crippen molar-refractivity contribution in [1.29, 1.82) is 0 Å². The molecule has 0 bridgehead atoms. The predicted octanol–water partition coefficient (Wildman–Crippen LogP) is 5.07. The fraction of sp³-hybridized carbons (Fsp3) is 1.00. The SMILES string of the molecule is CCCCCCCC(F)C(F)(F)C(F)(F)C(F)(F)C(F)(F)S(=O)(=O)O. The molecule has 0 saturated heterocycles. The minimum absolute atomic E-state index is 0.119. The number of hydrogen-bond acceptors (Lipinski definition) is 2. The second kappa shape index (κ2) is 7.89. The molecule has 0 aromatic carbocycles. The second-order valence-corrected chi connectivity index (χ2v) is 6.90. The van der Waals surface area contributed by atoms with Gasteiger partial charge in [0.2, 0.25) is 0 Å². The zero-order chi connectivity index (χ0) is 20.3. The Kier molecular flexibility index (Phi) is 7.66. The lowest BCUT2D eigenvalue weighted by Crippen LogP contribution is -2.66. The lowest BCUT2D eigenvalue weighted by atomic mass is 9.96. The van der Waals surface area contributed by atoms with Crippen LogP contribution in [0.2, 0.25) is 0 Å². The Hall–Kier alpha value is -0.720. The van der Waals surface area contributed by atoms with Crippen LogP contribution in [-0.4, -0.2) is 42.2 Å². The molecule has 1 atom stereocenters. The smallest absolute Gasteiger partial charge is 0.281 e. The molecule has 0 radical (unpaired) electrons. The highest BCUT2D eigenvalue weighted by atomic mass is 32.2. The van der Waals surface area contributed by atoms with Crippen LogP contribution in [0.25, 0.3) is 0 Å². The van der Waals surface area contributed by atoms with Crippen molar-refractivity contribution in [1.82, 2.24) is 0 Å². The van der Waals surface area contributed by atoms with E-state index in [9.17, 15) is 47.9 Å². The Morgan fingerprint density at radius 2 is 1.28 bits per heavy atom. The van der Waals surface area contributed by atoms with Crippen molar-refractivity contribution in [3.8, 4) is 0 Å². The van der Waals surface area contributed by atoms with Crippen molar-refractivity contribution < 1.29 is 52.5 Å². The summed E-state index contributed by atoms with van der Waals surface area (Å²) in [7, 11) is -7.18. The third-order valence-electron chi connectivity index (χ3n) is 3.46. The molecule has 0 rings (SSSR count). The Bertz CT molecular complexity index is 534. The molecule has 1 N–H and O–H groups in total. The van der Waals surface area contributed by atoms with Gasteiger partial charge in [-0.25, -0.2) is 4.39 Å². The van der Waals surface area contributed by atoms with E-state index in [4.69, 9.17) is 4.55 Å². The topological polar surface area (TPSA) is 54.4 Å². The third-order valence-corrected chi connectivity index (χ3v) is 4.36. The van der Waals surface area contributed by atoms with Crippen LogP contribution < -0.4 is 0 Å². The molecule has 152 valence electrons. The van der Waals surface area contributed by atoms with Gasteiger partial charge in [0, 0.05) is 0 Å². The molecule has 0 fully saturated rings. The fourth-order valence-corrected chi connectivity index (χ4v) is 2.31. The maximum atomic E-state index is 13.4. The van der Waals surface area contributed by atoms with Crippen LogP contribution >= 0.6 is 0 Å². The summed E-state index contributed by atoms with van der Waals surface area (Å²) in [5.74, 6) is -20.6. The Morgan fingerprint density at radius 1 is 0.840 bits per heavy atom. The van der Waals surface area contributed by atoms with E-state index in [0.717, 1.165) is 0 Å². The van der Waals surface area contributed by atoms with Gasteiger partial charge in [0.1, 0.15) is 0 Å². The summed E-state index contributed by atoms with van der Waals surface area (Å²) < 4.78 is 147. The van der Waals surface area contributed by atoms with Gasteiger partial charge in [0.05, 0.1) is 0 Å². The molecule has 3 nitrogen and oxygen atoms in total. The van der Waals surface area contributed by atoms with E-state index in [-0.39, 0.29) is 6.42 Å². The Morgan fingerprint density at radius 3 is 1.68 bits per heavy atom. The minimum atomic E-state index is -7.26. The zero-order valence-corrected chi connectivity index (χ0v) is 13.7. The van der Waals surface area contributed by atoms with Gasteiger partial charge in [-0.15, -0.1) is 0 Å². The maximum Gasteiger partial charge on any atom is 0.438 e. The lowest BCUT2D eigenvalue weighted by Gasteiger charge is -2.36. The molecule has 25 heavy (non-hydrogen) atoms. The molecule has 0 aliphatic heterocycles. The molecule has 1 unspecified atom stereocenters. The normalized spacial score (nSPS) is 16.1. The van der Waals surface area contributed by atoms with Gasteiger partial charge in [0.25, 0.3) is 0 Å². The first-order chi connectivity index (χ1) is 11.0.